The van der Waals surface area contributed by atoms with E-state index >= 15 is 0 Å². The molecule has 1 unspecified atom stereocenters. The summed E-state index contributed by atoms with van der Waals surface area (Å²) in [7, 11) is 0. The van der Waals surface area contributed by atoms with Crippen LogP contribution in [0.4, 0.5) is 5.95 Å². The SMILES string of the molecule is CC1CCN(c2nnc(SCCO)n2CC2CCCO2)CC1. The molecule has 7 heteroatoms. The zero-order chi connectivity index (χ0) is 15.4. The van der Waals surface area contributed by atoms with Crippen LogP contribution in [0.1, 0.15) is 32.6 Å². The second kappa shape index (κ2) is 7.66. The Kier molecular flexibility index (Phi) is 5.60. The number of thioether (sulfide) groups is 1. The lowest BCUT2D eigenvalue weighted by Gasteiger charge is -2.31. The Morgan fingerprint density at radius 2 is 2.09 bits per heavy atom. The first kappa shape index (κ1) is 16.1. The predicted molar refractivity (Wildman–Crippen MR) is 87.4 cm³/mol. The molecule has 2 aliphatic rings. The summed E-state index contributed by atoms with van der Waals surface area (Å²) in [5.74, 6) is 2.43. The van der Waals surface area contributed by atoms with Gasteiger partial charge in [-0.05, 0) is 31.6 Å². The number of hydrogen-bond acceptors (Lipinski definition) is 6. The number of piperidine rings is 1. The van der Waals surface area contributed by atoms with E-state index in [1.54, 1.807) is 11.8 Å². The molecule has 22 heavy (non-hydrogen) atoms. The maximum atomic E-state index is 9.07. The number of aliphatic hydroxyl groups is 1. The molecule has 1 aromatic heterocycles. The van der Waals surface area contributed by atoms with Gasteiger partial charge in [0.15, 0.2) is 5.16 Å². The number of ether oxygens (including phenoxy) is 1. The van der Waals surface area contributed by atoms with Gasteiger partial charge in [-0.3, -0.25) is 4.57 Å². The zero-order valence-electron chi connectivity index (χ0n) is 13.3. The molecule has 1 N–H and O–H groups in total. The Morgan fingerprint density at radius 3 is 2.77 bits per heavy atom. The fourth-order valence-corrected chi connectivity index (χ4v) is 3.80. The van der Waals surface area contributed by atoms with Crippen LogP contribution in [0.5, 0.6) is 0 Å². The van der Waals surface area contributed by atoms with Crippen molar-refractivity contribution in [2.75, 3.05) is 37.0 Å². The van der Waals surface area contributed by atoms with Crippen molar-refractivity contribution in [1.82, 2.24) is 14.8 Å². The largest absolute Gasteiger partial charge is 0.396 e. The van der Waals surface area contributed by atoms with Gasteiger partial charge in [0, 0.05) is 25.4 Å². The minimum absolute atomic E-state index is 0.161. The van der Waals surface area contributed by atoms with Crippen LogP contribution in [0.25, 0.3) is 0 Å². The van der Waals surface area contributed by atoms with E-state index < -0.39 is 0 Å². The lowest BCUT2D eigenvalue weighted by Crippen LogP contribution is -2.35. The molecule has 2 saturated heterocycles. The van der Waals surface area contributed by atoms with Crippen LogP contribution in [0.3, 0.4) is 0 Å². The van der Waals surface area contributed by atoms with Crippen LogP contribution in [-0.2, 0) is 11.3 Å². The van der Waals surface area contributed by atoms with Crippen LogP contribution in [0.2, 0.25) is 0 Å². The molecule has 0 saturated carbocycles. The van der Waals surface area contributed by atoms with Crippen LogP contribution < -0.4 is 4.90 Å². The van der Waals surface area contributed by atoms with Gasteiger partial charge in [-0.1, -0.05) is 18.7 Å². The Labute approximate surface area is 136 Å². The van der Waals surface area contributed by atoms with Crippen LogP contribution in [-0.4, -0.2) is 58.0 Å². The third-order valence-corrected chi connectivity index (χ3v) is 5.44. The number of nitrogens with zero attached hydrogens (tertiary/aromatic N) is 4. The van der Waals surface area contributed by atoms with Crippen molar-refractivity contribution < 1.29 is 9.84 Å². The number of hydrogen-bond donors (Lipinski definition) is 1. The van der Waals surface area contributed by atoms with Crippen LogP contribution in [0.15, 0.2) is 5.16 Å². The smallest absolute Gasteiger partial charge is 0.228 e. The summed E-state index contributed by atoms with van der Waals surface area (Å²) in [6.45, 7) is 6.26. The summed E-state index contributed by atoms with van der Waals surface area (Å²) in [6, 6.07) is 0. The Hall–Kier alpha value is -0.790. The number of aromatic nitrogens is 3. The predicted octanol–water partition coefficient (Wildman–Crippen LogP) is 1.78. The molecular formula is C15H26N4O2S. The molecule has 3 heterocycles. The van der Waals surface area contributed by atoms with Crippen molar-refractivity contribution in [3.63, 3.8) is 0 Å². The number of anilines is 1. The second-order valence-electron chi connectivity index (χ2n) is 6.27. The van der Waals surface area contributed by atoms with Crippen molar-refractivity contribution in [2.24, 2.45) is 5.92 Å². The molecule has 1 atom stereocenters. The quantitative estimate of drug-likeness (QED) is 0.804. The highest BCUT2D eigenvalue weighted by Crippen LogP contribution is 2.27. The molecule has 2 aliphatic heterocycles. The van der Waals surface area contributed by atoms with Gasteiger partial charge >= 0.3 is 0 Å². The topological polar surface area (TPSA) is 63.4 Å². The molecule has 1 aromatic rings. The standard InChI is InChI=1S/C15H26N4O2S/c1-12-4-6-18(7-5-12)14-16-17-15(22-10-8-20)19(14)11-13-3-2-9-21-13/h12-13,20H,2-11H2,1H3. The van der Waals surface area contributed by atoms with Crippen molar-refractivity contribution in [2.45, 2.75) is 50.4 Å². The highest BCUT2D eigenvalue weighted by atomic mass is 32.2. The summed E-state index contributed by atoms with van der Waals surface area (Å²) < 4.78 is 7.99. The van der Waals surface area contributed by atoms with Gasteiger partial charge in [-0.15, -0.1) is 10.2 Å². The van der Waals surface area contributed by atoms with Crippen LogP contribution >= 0.6 is 11.8 Å². The Bertz CT molecular complexity index is 468. The lowest BCUT2D eigenvalue weighted by molar-refractivity contribution is 0.0951. The van der Waals surface area contributed by atoms with E-state index in [0.29, 0.717) is 5.75 Å². The molecule has 2 fully saturated rings. The van der Waals surface area contributed by atoms with Gasteiger partial charge in [-0.2, -0.15) is 0 Å². The molecule has 0 bridgehead atoms. The molecule has 0 aliphatic carbocycles. The average Bonchev–Trinajstić information content (AvgIpc) is 3.17. The second-order valence-corrected chi connectivity index (χ2v) is 7.33. The van der Waals surface area contributed by atoms with Crippen LogP contribution in [0, 0.1) is 5.92 Å². The van der Waals surface area contributed by atoms with Gasteiger partial charge in [-0.25, -0.2) is 0 Å². The van der Waals surface area contributed by atoms with E-state index in [-0.39, 0.29) is 12.7 Å². The Balaban J connectivity index is 1.76. The first-order valence-electron chi connectivity index (χ1n) is 8.31. The first-order valence-corrected chi connectivity index (χ1v) is 9.30. The highest BCUT2D eigenvalue weighted by Gasteiger charge is 2.25. The van der Waals surface area contributed by atoms with Gasteiger partial charge in [0.25, 0.3) is 0 Å². The fourth-order valence-electron chi connectivity index (χ4n) is 3.12. The van der Waals surface area contributed by atoms with E-state index in [1.165, 1.54) is 12.8 Å². The van der Waals surface area contributed by atoms with Gasteiger partial charge in [0.2, 0.25) is 5.95 Å². The van der Waals surface area contributed by atoms with E-state index in [9.17, 15) is 0 Å². The maximum Gasteiger partial charge on any atom is 0.228 e. The summed E-state index contributed by atoms with van der Waals surface area (Å²) in [5, 5.41) is 18.8. The summed E-state index contributed by atoms with van der Waals surface area (Å²) >= 11 is 1.57. The minimum atomic E-state index is 0.161. The molecule has 0 radical (unpaired) electrons. The third kappa shape index (κ3) is 3.75. The van der Waals surface area contributed by atoms with E-state index in [4.69, 9.17) is 9.84 Å². The summed E-state index contributed by atoms with van der Waals surface area (Å²) in [4.78, 5) is 2.35. The van der Waals surface area contributed by atoms with Crippen molar-refractivity contribution in [3.05, 3.63) is 0 Å². The average molecular weight is 326 g/mol. The molecule has 3 rings (SSSR count). The summed E-state index contributed by atoms with van der Waals surface area (Å²) in [6.07, 6.45) is 4.95. The molecule has 0 aromatic carbocycles. The van der Waals surface area contributed by atoms with E-state index in [2.05, 4.69) is 26.6 Å². The fraction of sp³-hybridized carbons (Fsp3) is 0.867. The molecular weight excluding hydrogens is 300 g/mol. The molecule has 0 spiro atoms. The molecule has 0 amide bonds. The highest BCUT2D eigenvalue weighted by molar-refractivity contribution is 7.99. The van der Waals surface area contributed by atoms with Crippen molar-refractivity contribution >= 4 is 17.7 Å². The van der Waals surface area contributed by atoms with Gasteiger partial charge < -0.3 is 14.7 Å². The monoisotopic (exact) mass is 326 g/mol. The Morgan fingerprint density at radius 1 is 1.27 bits per heavy atom. The maximum absolute atomic E-state index is 9.07. The zero-order valence-corrected chi connectivity index (χ0v) is 14.1. The molecule has 6 nitrogen and oxygen atoms in total. The van der Waals surface area contributed by atoms with E-state index in [1.807, 2.05) is 0 Å². The minimum Gasteiger partial charge on any atom is -0.396 e. The number of aliphatic hydroxyl groups excluding tert-OH is 1. The summed E-state index contributed by atoms with van der Waals surface area (Å²) in [5.41, 5.74) is 0. The first-order chi connectivity index (χ1) is 10.8. The van der Waals surface area contributed by atoms with Crippen molar-refractivity contribution in [3.8, 4) is 0 Å². The van der Waals surface area contributed by atoms with Gasteiger partial charge in [0.1, 0.15) is 0 Å². The van der Waals surface area contributed by atoms with Crippen molar-refractivity contribution in [1.29, 1.82) is 0 Å². The third-order valence-electron chi connectivity index (χ3n) is 4.50. The van der Waals surface area contributed by atoms with E-state index in [0.717, 1.165) is 56.1 Å². The lowest BCUT2D eigenvalue weighted by atomic mass is 10.00. The number of rotatable bonds is 6. The molecule has 124 valence electrons. The normalized spacial score (nSPS) is 23.4. The van der Waals surface area contributed by atoms with Gasteiger partial charge in [0.05, 0.1) is 19.3 Å².